The average Bonchev–Trinajstić information content (AvgIpc) is 2.28. The predicted molar refractivity (Wildman–Crippen MR) is 62.3 cm³/mol. The molecule has 0 bridgehead atoms. The lowest BCUT2D eigenvalue weighted by Gasteiger charge is -2.21. The van der Waals surface area contributed by atoms with Crippen LogP contribution in [0.15, 0.2) is 22.7 Å². The van der Waals surface area contributed by atoms with E-state index in [0.717, 1.165) is 15.6 Å². The number of ether oxygens (including phenoxy) is 1. The van der Waals surface area contributed by atoms with Gasteiger partial charge in [-0.15, -0.1) is 0 Å². The van der Waals surface area contributed by atoms with E-state index in [4.69, 9.17) is 0 Å². The van der Waals surface area contributed by atoms with Gasteiger partial charge in [0.05, 0.1) is 13.0 Å². The van der Waals surface area contributed by atoms with Crippen LogP contribution in [-0.4, -0.2) is 18.9 Å². The van der Waals surface area contributed by atoms with E-state index in [2.05, 4.69) is 20.7 Å². The van der Waals surface area contributed by atoms with Gasteiger partial charge in [-0.1, -0.05) is 22.0 Å². The standard InChI is InChI=1S/C12H11BrO3/c1-16-12(15)8-4-7-2-3-9(13)6-10(7)11(14)5-8/h2-3,6,8H,4-5H2,1H3. The van der Waals surface area contributed by atoms with E-state index in [1.54, 1.807) is 0 Å². The summed E-state index contributed by atoms with van der Waals surface area (Å²) < 4.78 is 5.56. The van der Waals surface area contributed by atoms with E-state index in [0.29, 0.717) is 6.42 Å². The molecule has 4 heteroatoms. The SMILES string of the molecule is COC(=O)C1CC(=O)c2cc(Br)ccc2C1. The highest BCUT2D eigenvalue weighted by molar-refractivity contribution is 9.10. The minimum absolute atomic E-state index is 0.0120. The fraction of sp³-hybridized carbons (Fsp3) is 0.333. The Morgan fingerprint density at radius 1 is 1.44 bits per heavy atom. The van der Waals surface area contributed by atoms with Crippen LogP contribution in [0, 0.1) is 5.92 Å². The number of carbonyl (C=O) groups excluding carboxylic acids is 2. The van der Waals surface area contributed by atoms with E-state index < -0.39 is 0 Å². The van der Waals surface area contributed by atoms with Crippen molar-refractivity contribution < 1.29 is 14.3 Å². The van der Waals surface area contributed by atoms with Crippen molar-refractivity contribution in [2.45, 2.75) is 12.8 Å². The molecule has 3 nitrogen and oxygen atoms in total. The number of benzene rings is 1. The molecule has 16 heavy (non-hydrogen) atoms. The minimum atomic E-state index is -0.328. The van der Waals surface area contributed by atoms with E-state index >= 15 is 0 Å². The molecule has 0 fully saturated rings. The number of hydrogen-bond donors (Lipinski definition) is 0. The normalized spacial score (nSPS) is 19.1. The third-order valence-corrected chi connectivity index (χ3v) is 3.30. The zero-order valence-corrected chi connectivity index (χ0v) is 10.4. The van der Waals surface area contributed by atoms with Crippen LogP contribution in [0.1, 0.15) is 22.3 Å². The van der Waals surface area contributed by atoms with Crippen LogP contribution < -0.4 is 0 Å². The number of halogens is 1. The van der Waals surface area contributed by atoms with Crippen molar-refractivity contribution in [1.82, 2.24) is 0 Å². The maximum atomic E-state index is 11.8. The van der Waals surface area contributed by atoms with Gasteiger partial charge in [0, 0.05) is 16.5 Å². The average molecular weight is 283 g/mol. The third kappa shape index (κ3) is 2.02. The van der Waals surface area contributed by atoms with Crippen molar-refractivity contribution >= 4 is 27.7 Å². The van der Waals surface area contributed by atoms with Crippen LogP contribution in [-0.2, 0) is 16.0 Å². The Morgan fingerprint density at radius 2 is 2.19 bits per heavy atom. The smallest absolute Gasteiger partial charge is 0.309 e. The van der Waals surface area contributed by atoms with Crippen molar-refractivity contribution in [1.29, 1.82) is 0 Å². The van der Waals surface area contributed by atoms with Gasteiger partial charge in [0.2, 0.25) is 0 Å². The van der Waals surface area contributed by atoms with Gasteiger partial charge in [0.15, 0.2) is 5.78 Å². The maximum Gasteiger partial charge on any atom is 0.309 e. The Labute approximate surface area is 102 Å². The first kappa shape index (κ1) is 11.3. The summed E-state index contributed by atoms with van der Waals surface area (Å²) in [6.07, 6.45) is 0.831. The molecule has 0 aliphatic heterocycles. The zero-order valence-electron chi connectivity index (χ0n) is 8.83. The lowest BCUT2D eigenvalue weighted by Crippen LogP contribution is -2.27. The fourth-order valence-corrected chi connectivity index (χ4v) is 2.35. The molecule has 1 atom stereocenters. The molecule has 1 unspecified atom stereocenters. The molecule has 0 N–H and O–H groups in total. The minimum Gasteiger partial charge on any atom is -0.469 e. The van der Waals surface area contributed by atoms with Crippen LogP contribution >= 0.6 is 15.9 Å². The van der Waals surface area contributed by atoms with Gasteiger partial charge in [0.25, 0.3) is 0 Å². The van der Waals surface area contributed by atoms with E-state index in [1.807, 2.05) is 18.2 Å². The van der Waals surface area contributed by atoms with Gasteiger partial charge in [-0.25, -0.2) is 0 Å². The second-order valence-electron chi connectivity index (χ2n) is 3.85. The van der Waals surface area contributed by atoms with Crippen molar-refractivity contribution in [2.24, 2.45) is 5.92 Å². The second-order valence-corrected chi connectivity index (χ2v) is 4.77. The maximum absolute atomic E-state index is 11.8. The van der Waals surface area contributed by atoms with E-state index in [9.17, 15) is 9.59 Å². The number of hydrogen-bond acceptors (Lipinski definition) is 3. The number of carbonyl (C=O) groups is 2. The molecule has 1 aromatic rings. The van der Waals surface area contributed by atoms with Gasteiger partial charge >= 0.3 is 5.97 Å². The molecule has 0 heterocycles. The first-order chi connectivity index (χ1) is 7.61. The number of rotatable bonds is 1. The van der Waals surface area contributed by atoms with Crippen LogP contribution in [0.5, 0.6) is 0 Å². The van der Waals surface area contributed by atoms with Crippen molar-refractivity contribution in [2.75, 3.05) is 7.11 Å². The molecule has 1 aliphatic rings. The molecule has 1 aliphatic carbocycles. The molecule has 2 rings (SSSR count). The van der Waals surface area contributed by atoms with E-state index in [1.165, 1.54) is 7.11 Å². The van der Waals surface area contributed by atoms with Gasteiger partial charge < -0.3 is 4.74 Å². The van der Waals surface area contributed by atoms with Crippen LogP contribution in [0.3, 0.4) is 0 Å². The molecular weight excluding hydrogens is 272 g/mol. The number of esters is 1. The molecule has 0 aromatic heterocycles. The fourth-order valence-electron chi connectivity index (χ4n) is 1.99. The summed E-state index contributed by atoms with van der Waals surface area (Å²) in [5.74, 6) is -0.619. The quantitative estimate of drug-likeness (QED) is 0.743. The molecular formula is C12H11BrO3. The summed E-state index contributed by atoms with van der Waals surface area (Å²) in [4.78, 5) is 23.2. The topological polar surface area (TPSA) is 43.4 Å². The number of ketones is 1. The highest BCUT2D eigenvalue weighted by atomic mass is 79.9. The Balaban J connectivity index is 2.33. The number of methoxy groups -OCH3 is 1. The highest BCUT2D eigenvalue weighted by Gasteiger charge is 2.30. The Bertz CT molecular complexity index is 454. The van der Waals surface area contributed by atoms with Gasteiger partial charge in [-0.05, 0) is 24.1 Å². The summed E-state index contributed by atoms with van der Waals surface area (Å²) in [6, 6.07) is 5.57. The summed E-state index contributed by atoms with van der Waals surface area (Å²) in [5.41, 5.74) is 1.64. The van der Waals surface area contributed by atoms with Crippen molar-refractivity contribution in [3.63, 3.8) is 0 Å². The largest absolute Gasteiger partial charge is 0.469 e. The first-order valence-electron chi connectivity index (χ1n) is 5.01. The van der Waals surface area contributed by atoms with Crippen LogP contribution in [0.2, 0.25) is 0 Å². The first-order valence-corrected chi connectivity index (χ1v) is 5.80. The highest BCUT2D eigenvalue weighted by Crippen LogP contribution is 2.28. The Morgan fingerprint density at radius 3 is 2.88 bits per heavy atom. The lowest BCUT2D eigenvalue weighted by molar-refractivity contribution is -0.145. The van der Waals surface area contributed by atoms with Crippen molar-refractivity contribution in [3.8, 4) is 0 Å². The molecule has 0 saturated heterocycles. The van der Waals surface area contributed by atoms with Gasteiger partial charge in [-0.2, -0.15) is 0 Å². The number of fused-ring (bicyclic) bond motifs is 1. The Hall–Kier alpha value is -1.16. The third-order valence-electron chi connectivity index (χ3n) is 2.80. The van der Waals surface area contributed by atoms with Crippen LogP contribution in [0.4, 0.5) is 0 Å². The monoisotopic (exact) mass is 282 g/mol. The van der Waals surface area contributed by atoms with Gasteiger partial charge in [-0.3, -0.25) is 9.59 Å². The lowest BCUT2D eigenvalue weighted by atomic mass is 9.83. The molecule has 84 valence electrons. The summed E-state index contributed by atoms with van der Waals surface area (Å²) in [6.45, 7) is 0. The number of Topliss-reactive ketones (excluding diaryl/α,β-unsaturated/α-hetero) is 1. The van der Waals surface area contributed by atoms with E-state index in [-0.39, 0.29) is 24.1 Å². The predicted octanol–water partition coefficient (Wildman–Crippen LogP) is 2.37. The molecule has 0 radical (unpaired) electrons. The van der Waals surface area contributed by atoms with Gasteiger partial charge in [0.1, 0.15) is 0 Å². The second kappa shape index (κ2) is 4.37. The summed E-state index contributed by atoms with van der Waals surface area (Å²) in [5, 5.41) is 0. The summed E-state index contributed by atoms with van der Waals surface area (Å²) in [7, 11) is 1.35. The molecule has 0 amide bonds. The summed E-state index contributed by atoms with van der Waals surface area (Å²) >= 11 is 3.33. The Kier molecular flexibility index (Phi) is 3.10. The molecule has 1 aromatic carbocycles. The zero-order chi connectivity index (χ0) is 11.7. The van der Waals surface area contributed by atoms with Crippen molar-refractivity contribution in [3.05, 3.63) is 33.8 Å². The molecule has 0 saturated carbocycles. The van der Waals surface area contributed by atoms with Crippen LogP contribution in [0.25, 0.3) is 0 Å². The molecule has 0 spiro atoms.